The Kier molecular flexibility index (Phi) is 8.77. The third kappa shape index (κ3) is 6.76. The van der Waals surface area contributed by atoms with Gasteiger partial charge in [-0.05, 0) is 56.6 Å². The molecule has 0 spiro atoms. The van der Waals surface area contributed by atoms with Crippen LogP contribution in [0.3, 0.4) is 0 Å². The number of hydrogen-bond acceptors (Lipinski definition) is 8. The van der Waals surface area contributed by atoms with Crippen molar-refractivity contribution in [3.05, 3.63) is 36.2 Å². The number of carbonyl (C=O) groups is 2. The first-order valence-corrected chi connectivity index (χ1v) is 14.5. The van der Waals surface area contributed by atoms with Crippen LogP contribution in [0.5, 0.6) is 0 Å². The first-order chi connectivity index (χ1) is 18.1. The Morgan fingerprint density at radius 3 is 2.84 bits per heavy atom. The fourth-order valence-corrected chi connectivity index (χ4v) is 6.43. The monoisotopic (exact) mass is 548 g/mol. The number of anilines is 2. The molecule has 0 radical (unpaired) electrons. The molecule has 1 amide bonds. The van der Waals surface area contributed by atoms with Gasteiger partial charge in [0.25, 0.3) is 0 Å². The zero-order valence-corrected chi connectivity index (χ0v) is 22.5. The van der Waals surface area contributed by atoms with Crippen molar-refractivity contribution in [3.8, 4) is 0 Å². The van der Waals surface area contributed by atoms with Crippen molar-refractivity contribution in [2.24, 2.45) is 5.92 Å². The van der Waals surface area contributed by atoms with Crippen LogP contribution in [0.4, 0.5) is 16.4 Å². The lowest BCUT2D eigenvalue weighted by Gasteiger charge is -2.38. The number of para-hydroxylation sites is 1. The minimum atomic E-state index is -4.10. The van der Waals surface area contributed by atoms with Crippen molar-refractivity contribution in [3.63, 3.8) is 0 Å². The molecule has 0 aliphatic carbocycles. The van der Waals surface area contributed by atoms with Gasteiger partial charge < -0.3 is 30.4 Å². The van der Waals surface area contributed by atoms with Gasteiger partial charge in [-0.3, -0.25) is 4.79 Å². The van der Waals surface area contributed by atoms with Crippen LogP contribution in [0, 0.1) is 5.92 Å². The molecule has 0 saturated carbocycles. The summed E-state index contributed by atoms with van der Waals surface area (Å²) in [5.41, 5.74) is 1.47. The number of H-pyrrole nitrogens is 1. The van der Waals surface area contributed by atoms with Crippen LogP contribution < -0.4 is 15.4 Å². The quantitative estimate of drug-likeness (QED) is 0.222. The molecule has 4 rings (SSSR count). The van der Waals surface area contributed by atoms with Gasteiger partial charge in [-0.25, -0.2) is 18.2 Å². The van der Waals surface area contributed by atoms with Crippen LogP contribution in [-0.4, -0.2) is 71.9 Å². The highest BCUT2D eigenvalue weighted by Crippen LogP contribution is 2.32. The summed E-state index contributed by atoms with van der Waals surface area (Å²) in [4.78, 5) is 33.5. The Balaban J connectivity index is 1.56. The molecule has 2 aromatic rings. The molecule has 13 heteroatoms. The van der Waals surface area contributed by atoms with Gasteiger partial charge in [-0.15, -0.1) is 0 Å². The number of aromatic amines is 1. The summed E-state index contributed by atoms with van der Waals surface area (Å²) >= 11 is 0. The second kappa shape index (κ2) is 12.0. The van der Waals surface area contributed by atoms with E-state index < -0.39 is 34.4 Å². The second-order valence-electron chi connectivity index (χ2n) is 10.1. The lowest BCUT2D eigenvalue weighted by atomic mass is 9.96. The van der Waals surface area contributed by atoms with Gasteiger partial charge in [-0.1, -0.05) is 19.1 Å². The molecule has 1 aromatic carbocycles. The van der Waals surface area contributed by atoms with Gasteiger partial charge in [0.05, 0.1) is 5.69 Å². The number of rotatable bonds is 10. The highest BCUT2D eigenvalue weighted by atomic mass is 32.2. The van der Waals surface area contributed by atoms with E-state index >= 15 is 0 Å². The topological polar surface area (TPSA) is 166 Å². The normalized spacial score (nSPS) is 22.2. The number of hydrogen-bond donors (Lipinski definition) is 5. The number of benzene rings is 1. The maximum Gasteiger partial charge on any atom is 0.507 e. The number of carbonyl (C=O) groups excluding carboxylic acids is 1. The third-order valence-corrected chi connectivity index (χ3v) is 8.54. The minimum Gasteiger partial charge on any atom is -0.450 e. The van der Waals surface area contributed by atoms with Crippen LogP contribution in [0.15, 0.2) is 35.5 Å². The summed E-state index contributed by atoms with van der Waals surface area (Å²) in [7, 11) is -4.10. The molecule has 38 heavy (non-hydrogen) atoms. The van der Waals surface area contributed by atoms with Gasteiger partial charge in [-0.2, -0.15) is 4.72 Å². The van der Waals surface area contributed by atoms with Crippen molar-refractivity contribution in [2.45, 2.75) is 75.6 Å². The number of nitrogens with one attached hydrogen (secondary N) is 4. The fraction of sp³-hybridized carbons (Fsp3) is 0.560. The number of imidazole rings is 1. The summed E-state index contributed by atoms with van der Waals surface area (Å²) in [5.74, 6) is 0.236. The smallest absolute Gasteiger partial charge is 0.450 e. The average Bonchev–Trinajstić information content (AvgIpc) is 3.38. The Hall–Kier alpha value is -3.32. The molecular weight excluding hydrogens is 512 g/mol. The summed E-state index contributed by atoms with van der Waals surface area (Å²) in [6.07, 6.45) is 4.16. The predicted molar refractivity (Wildman–Crippen MR) is 141 cm³/mol. The summed E-state index contributed by atoms with van der Waals surface area (Å²) in [6, 6.07) is 4.15. The molecule has 4 atom stereocenters. The molecule has 1 fully saturated rings. The largest absolute Gasteiger partial charge is 0.507 e. The summed E-state index contributed by atoms with van der Waals surface area (Å²) in [5, 5.41) is 15.6. The van der Waals surface area contributed by atoms with E-state index in [1.165, 1.54) is 11.0 Å². The van der Waals surface area contributed by atoms with Gasteiger partial charge in [0.15, 0.2) is 12.2 Å². The summed E-state index contributed by atoms with van der Waals surface area (Å²) in [6.45, 7) is 4.69. The van der Waals surface area contributed by atoms with E-state index in [0.717, 1.165) is 18.4 Å². The highest BCUT2D eigenvalue weighted by molar-refractivity contribution is 7.89. The fourth-order valence-electron chi connectivity index (χ4n) is 4.99. The van der Waals surface area contributed by atoms with E-state index in [-0.39, 0.29) is 29.8 Å². The number of aryl methyl sites for hydroxylation is 1. The Labute approximate surface area is 222 Å². The third-order valence-electron chi connectivity index (χ3n) is 7.03. The Bertz CT molecular complexity index is 1220. The average molecular weight is 549 g/mol. The van der Waals surface area contributed by atoms with E-state index in [0.29, 0.717) is 37.4 Å². The number of amides is 1. The van der Waals surface area contributed by atoms with Gasteiger partial charge in [0.1, 0.15) is 10.9 Å². The number of piperidine rings is 1. The highest BCUT2D eigenvalue weighted by Gasteiger charge is 2.38. The molecule has 1 saturated heterocycles. The maximum atomic E-state index is 13.7. The molecule has 12 nitrogen and oxygen atoms in total. The lowest BCUT2D eigenvalue weighted by molar-refractivity contribution is -0.149. The minimum absolute atomic E-state index is 0.0960. The number of nitrogens with zero attached hydrogens (tertiary/aromatic N) is 2. The van der Waals surface area contributed by atoms with Crippen molar-refractivity contribution >= 4 is 33.7 Å². The van der Waals surface area contributed by atoms with E-state index in [1.54, 1.807) is 18.5 Å². The van der Waals surface area contributed by atoms with E-state index in [2.05, 4.69) is 25.3 Å². The molecule has 1 unspecified atom stereocenters. The standard InChI is InChI=1S/C25H36N6O6S/c1-16-10-14-31(21(15-16)37-25(33)34)23(32)19(6-4-11-26-24-27-12-13-28-24)30-38(35,36)20-7-3-5-18-9-8-17(2)29-22(18)20/h3,5,7,12-13,16-17,19,21,29-30H,4,6,8-11,14-15H2,1-2H3,(H,33,34)(H2,26,27,28)/t16-,17?,19+,21-/m1/s1. The van der Waals surface area contributed by atoms with Crippen molar-refractivity contribution in [1.29, 1.82) is 0 Å². The first kappa shape index (κ1) is 27.7. The molecule has 5 N–H and O–H groups in total. The maximum absolute atomic E-state index is 13.7. The van der Waals surface area contributed by atoms with Crippen LogP contribution in [-0.2, 0) is 26.0 Å². The number of fused-ring (bicyclic) bond motifs is 1. The molecule has 1 aromatic heterocycles. The number of aromatic nitrogens is 2. The molecule has 2 aliphatic rings. The Morgan fingerprint density at radius 1 is 1.29 bits per heavy atom. The molecular formula is C25H36N6O6S. The zero-order valence-electron chi connectivity index (χ0n) is 21.6. The molecule has 0 bridgehead atoms. The summed E-state index contributed by atoms with van der Waals surface area (Å²) < 4.78 is 35.0. The number of ether oxygens (including phenoxy) is 1. The van der Waals surface area contributed by atoms with E-state index in [4.69, 9.17) is 4.74 Å². The molecule has 3 heterocycles. The van der Waals surface area contributed by atoms with Crippen molar-refractivity contribution < 1.29 is 27.9 Å². The van der Waals surface area contributed by atoms with Crippen LogP contribution in [0.2, 0.25) is 0 Å². The van der Waals surface area contributed by atoms with Crippen molar-refractivity contribution in [1.82, 2.24) is 19.6 Å². The van der Waals surface area contributed by atoms with Crippen molar-refractivity contribution in [2.75, 3.05) is 23.7 Å². The zero-order chi connectivity index (χ0) is 27.3. The first-order valence-electron chi connectivity index (χ1n) is 13.0. The lowest BCUT2D eigenvalue weighted by Crippen LogP contribution is -2.55. The number of carboxylic acid groups (broad SMARTS) is 1. The number of sulfonamides is 1. The van der Waals surface area contributed by atoms with E-state index in [1.807, 2.05) is 19.9 Å². The van der Waals surface area contributed by atoms with Crippen LogP contribution >= 0.6 is 0 Å². The second-order valence-corrected chi connectivity index (χ2v) is 11.7. The van der Waals surface area contributed by atoms with Gasteiger partial charge in [0, 0.05) is 37.9 Å². The van der Waals surface area contributed by atoms with Crippen LogP contribution in [0.1, 0.15) is 51.5 Å². The van der Waals surface area contributed by atoms with Gasteiger partial charge >= 0.3 is 6.16 Å². The van der Waals surface area contributed by atoms with Gasteiger partial charge in [0.2, 0.25) is 15.9 Å². The molecule has 2 aliphatic heterocycles. The predicted octanol–water partition coefficient (Wildman–Crippen LogP) is 2.97. The van der Waals surface area contributed by atoms with Crippen LogP contribution in [0.25, 0.3) is 0 Å². The van der Waals surface area contributed by atoms with E-state index in [9.17, 15) is 23.1 Å². The Morgan fingerprint density at radius 2 is 2.11 bits per heavy atom. The SMILES string of the molecule is CC1CCc2cccc(S(=O)(=O)N[C@@H](CCCNc3ncc[nH]3)C(=O)N3CC[C@@H](C)C[C@H]3OC(=O)O)c2N1. The number of likely N-dealkylation sites (tertiary alicyclic amines) is 1. The molecule has 208 valence electrons.